The lowest BCUT2D eigenvalue weighted by molar-refractivity contribution is -0.116. The van der Waals surface area contributed by atoms with Crippen LogP contribution in [0.1, 0.15) is 52.3 Å². The maximum Gasteiger partial charge on any atom is 0.226 e. The minimum absolute atomic E-state index is 0.150. The number of benzene rings is 2. The van der Waals surface area contributed by atoms with Crippen LogP contribution in [0.15, 0.2) is 72.9 Å². The molecule has 0 saturated carbocycles. The summed E-state index contributed by atoms with van der Waals surface area (Å²) >= 11 is 5.80. The van der Waals surface area contributed by atoms with Crippen molar-refractivity contribution in [2.24, 2.45) is 0 Å². The lowest BCUT2D eigenvalue weighted by Gasteiger charge is -2.28. The van der Waals surface area contributed by atoms with Gasteiger partial charge in [0.1, 0.15) is 5.82 Å². The number of halogens is 1. The van der Waals surface area contributed by atoms with Crippen molar-refractivity contribution in [2.45, 2.75) is 46.2 Å². The molecule has 0 bridgehead atoms. The van der Waals surface area contributed by atoms with Gasteiger partial charge in [0.25, 0.3) is 0 Å². The molecule has 3 heterocycles. The number of rotatable bonds is 7. The van der Waals surface area contributed by atoms with Crippen molar-refractivity contribution in [1.29, 1.82) is 0 Å². The number of hydrogen-bond donors (Lipinski definition) is 2. The highest BCUT2D eigenvalue weighted by molar-refractivity contribution is 7.80. The predicted octanol–water partition coefficient (Wildman–Crippen LogP) is 6.25. The molecular formula is C31H32FN5OS. The van der Waals surface area contributed by atoms with E-state index < -0.39 is 5.82 Å². The molecule has 0 spiro atoms. The van der Waals surface area contributed by atoms with Crippen molar-refractivity contribution in [1.82, 2.24) is 19.8 Å². The van der Waals surface area contributed by atoms with E-state index in [4.69, 9.17) is 12.2 Å². The zero-order valence-electron chi connectivity index (χ0n) is 22.5. The number of carbonyl (C=O) groups excluding carboxylic acids is 1. The lowest BCUT2D eigenvalue weighted by atomic mass is 9.96. The van der Waals surface area contributed by atoms with Crippen LogP contribution in [0.2, 0.25) is 0 Å². The molecule has 1 aliphatic heterocycles. The standard InChI is InChI=1S/C31H32FN5OS/c1-19-15-20(2)17-23(16-19)37-21(3)18-24(22(37)4)30-29(27-11-7-8-13-33-27)35-31(39)36(30)14-12-28(38)34-26-10-6-5-9-25(26)32/h5-11,13,15-18,29-30H,12,14H2,1-4H3,(H,34,38)(H,35,39)/t29-,30-/m0/s1. The van der Waals surface area contributed by atoms with E-state index in [9.17, 15) is 9.18 Å². The van der Waals surface area contributed by atoms with Gasteiger partial charge in [0.2, 0.25) is 5.91 Å². The van der Waals surface area contributed by atoms with Crippen LogP contribution in [0.5, 0.6) is 0 Å². The molecule has 2 atom stereocenters. The van der Waals surface area contributed by atoms with Gasteiger partial charge < -0.3 is 20.1 Å². The summed E-state index contributed by atoms with van der Waals surface area (Å²) in [5, 5.41) is 6.70. The Labute approximate surface area is 233 Å². The van der Waals surface area contributed by atoms with E-state index in [0.29, 0.717) is 11.7 Å². The largest absolute Gasteiger partial charge is 0.352 e. The topological polar surface area (TPSA) is 62.2 Å². The quantitative estimate of drug-likeness (QED) is 0.271. The molecule has 200 valence electrons. The molecule has 1 saturated heterocycles. The highest BCUT2D eigenvalue weighted by Crippen LogP contribution is 2.41. The number of aromatic nitrogens is 2. The smallest absolute Gasteiger partial charge is 0.226 e. The maximum absolute atomic E-state index is 14.1. The lowest BCUT2D eigenvalue weighted by Crippen LogP contribution is -2.33. The summed E-state index contributed by atoms with van der Waals surface area (Å²) in [6, 6.07) is 20.4. The first-order chi connectivity index (χ1) is 18.7. The fourth-order valence-electron chi connectivity index (χ4n) is 5.55. The van der Waals surface area contributed by atoms with Crippen LogP contribution < -0.4 is 10.6 Å². The number of carbonyl (C=O) groups is 1. The van der Waals surface area contributed by atoms with Gasteiger partial charge in [-0.25, -0.2) is 4.39 Å². The minimum Gasteiger partial charge on any atom is -0.352 e. The zero-order valence-corrected chi connectivity index (χ0v) is 23.3. The second-order valence-electron chi connectivity index (χ2n) is 10.1. The molecule has 1 fully saturated rings. The summed E-state index contributed by atoms with van der Waals surface area (Å²) < 4.78 is 16.4. The number of pyridine rings is 1. The van der Waals surface area contributed by atoms with E-state index in [0.717, 1.165) is 28.3 Å². The molecule has 4 aromatic rings. The van der Waals surface area contributed by atoms with Gasteiger partial charge in [0.05, 0.1) is 23.5 Å². The van der Waals surface area contributed by atoms with E-state index in [-0.39, 0.29) is 30.1 Å². The molecule has 6 nitrogen and oxygen atoms in total. The predicted molar refractivity (Wildman–Crippen MR) is 157 cm³/mol. The second kappa shape index (κ2) is 11.0. The minimum atomic E-state index is -0.462. The molecule has 1 aliphatic rings. The number of para-hydroxylation sites is 1. The van der Waals surface area contributed by atoms with Crippen LogP contribution in [0, 0.1) is 33.5 Å². The SMILES string of the molecule is Cc1cc(C)cc(-n2c(C)cc([C@H]3[C@H](c4ccccn4)NC(=S)N3CCC(=O)Nc3ccccc3F)c2C)c1. The zero-order chi connectivity index (χ0) is 27.7. The summed E-state index contributed by atoms with van der Waals surface area (Å²) in [7, 11) is 0. The second-order valence-corrected chi connectivity index (χ2v) is 10.5. The third-order valence-corrected chi connectivity index (χ3v) is 7.53. The van der Waals surface area contributed by atoms with Crippen LogP contribution in [0.25, 0.3) is 5.69 Å². The molecular weight excluding hydrogens is 509 g/mol. The molecule has 5 rings (SSSR count). The molecule has 0 aliphatic carbocycles. The first-order valence-corrected chi connectivity index (χ1v) is 13.4. The molecule has 0 unspecified atom stereocenters. The fraction of sp³-hybridized carbons (Fsp3) is 0.258. The van der Waals surface area contributed by atoms with Gasteiger partial charge >= 0.3 is 0 Å². The van der Waals surface area contributed by atoms with E-state index in [2.05, 4.69) is 77.0 Å². The number of hydrogen-bond acceptors (Lipinski definition) is 3. The Kier molecular flexibility index (Phi) is 7.48. The van der Waals surface area contributed by atoms with E-state index in [1.165, 1.54) is 17.2 Å². The average Bonchev–Trinajstić information content (AvgIpc) is 3.38. The van der Waals surface area contributed by atoms with E-state index in [1.54, 1.807) is 24.4 Å². The van der Waals surface area contributed by atoms with Crippen molar-refractivity contribution in [3.63, 3.8) is 0 Å². The van der Waals surface area contributed by atoms with Crippen LogP contribution in [0.3, 0.4) is 0 Å². The summed E-state index contributed by atoms with van der Waals surface area (Å²) in [5.41, 5.74) is 7.91. The van der Waals surface area contributed by atoms with Gasteiger partial charge in [-0.2, -0.15) is 0 Å². The molecule has 8 heteroatoms. The van der Waals surface area contributed by atoms with E-state index >= 15 is 0 Å². The first-order valence-electron chi connectivity index (χ1n) is 13.0. The third kappa shape index (κ3) is 5.43. The van der Waals surface area contributed by atoms with Gasteiger partial charge in [-0.05, 0) is 99.1 Å². The Bertz CT molecular complexity index is 1510. The first kappa shape index (κ1) is 26.6. The van der Waals surface area contributed by atoms with Gasteiger partial charge in [-0.15, -0.1) is 0 Å². The van der Waals surface area contributed by atoms with Gasteiger partial charge in [-0.3, -0.25) is 9.78 Å². The van der Waals surface area contributed by atoms with Crippen LogP contribution >= 0.6 is 12.2 Å². The Morgan fingerprint density at radius 2 is 1.74 bits per heavy atom. The molecule has 2 aromatic heterocycles. The molecule has 39 heavy (non-hydrogen) atoms. The summed E-state index contributed by atoms with van der Waals surface area (Å²) in [6.07, 6.45) is 1.93. The number of thiocarbonyl (C=S) groups is 1. The number of anilines is 1. The number of amides is 1. The highest BCUT2D eigenvalue weighted by Gasteiger charge is 2.41. The Hall–Kier alpha value is -4.04. The van der Waals surface area contributed by atoms with Gasteiger partial charge in [0.15, 0.2) is 5.11 Å². The normalized spacial score (nSPS) is 16.8. The Morgan fingerprint density at radius 1 is 1.03 bits per heavy atom. The molecule has 2 N–H and O–H groups in total. The molecule has 2 aromatic carbocycles. The van der Waals surface area contributed by atoms with Crippen molar-refractivity contribution >= 4 is 28.9 Å². The summed E-state index contributed by atoms with van der Waals surface area (Å²) in [4.78, 5) is 19.5. The monoisotopic (exact) mass is 541 g/mol. The number of aryl methyl sites for hydroxylation is 3. The van der Waals surface area contributed by atoms with Gasteiger partial charge in [-0.1, -0.05) is 24.3 Å². The summed E-state index contributed by atoms with van der Waals surface area (Å²) in [6.45, 7) is 8.82. The molecule has 0 radical (unpaired) electrons. The average molecular weight is 542 g/mol. The van der Waals surface area contributed by atoms with Crippen molar-refractivity contribution in [3.05, 3.63) is 113 Å². The number of nitrogens with one attached hydrogen (secondary N) is 2. The summed E-state index contributed by atoms with van der Waals surface area (Å²) in [5.74, 6) is -0.736. The highest BCUT2D eigenvalue weighted by atomic mass is 32.1. The van der Waals surface area contributed by atoms with E-state index in [1.807, 2.05) is 18.2 Å². The van der Waals surface area contributed by atoms with Crippen LogP contribution in [-0.4, -0.2) is 32.0 Å². The maximum atomic E-state index is 14.1. The Balaban J connectivity index is 1.49. The van der Waals surface area contributed by atoms with Crippen molar-refractivity contribution in [3.8, 4) is 5.69 Å². The fourth-order valence-corrected chi connectivity index (χ4v) is 5.88. The van der Waals surface area contributed by atoms with Crippen LogP contribution in [0.4, 0.5) is 10.1 Å². The van der Waals surface area contributed by atoms with Crippen LogP contribution in [-0.2, 0) is 4.79 Å². The van der Waals surface area contributed by atoms with Gasteiger partial charge in [0, 0.05) is 36.2 Å². The Morgan fingerprint density at radius 3 is 2.44 bits per heavy atom. The van der Waals surface area contributed by atoms with Crippen molar-refractivity contribution < 1.29 is 9.18 Å². The number of nitrogens with zero attached hydrogens (tertiary/aromatic N) is 3. The molecule has 1 amide bonds. The third-order valence-electron chi connectivity index (χ3n) is 7.18. The van der Waals surface area contributed by atoms with Crippen molar-refractivity contribution in [2.75, 3.05) is 11.9 Å².